The summed E-state index contributed by atoms with van der Waals surface area (Å²) in [6.45, 7) is 6.39. The molecular formula is C15H21NO2. The van der Waals surface area contributed by atoms with E-state index in [2.05, 4.69) is 0 Å². The molecular weight excluding hydrogens is 226 g/mol. The highest BCUT2D eigenvalue weighted by atomic mass is 16.3. The molecule has 3 nitrogen and oxygen atoms in total. The third kappa shape index (κ3) is 2.15. The average molecular weight is 247 g/mol. The van der Waals surface area contributed by atoms with Gasteiger partial charge in [0.1, 0.15) is 0 Å². The molecule has 0 unspecified atom stereocenters. The number of hydrogen-bond acceptors (Lipinski definition) is 2. The van der Waals surface area contributed by atoms with Gasteiger partial charge in [0.05, 0.1) is 12.1 Å². The van der Waals surface area contributed by atoms with Crippen LogP contribution in [-0.2, 0) is 4.79 Å². The molecule has 2 atom stereocenters. The SMILES string of the molecule is CCC(C)(C)C(=O)N1C[C@@H](O)[C@H]1c1ccccc1. The maximum Gasteiger partial charge on any atom is 0.228 e. The Morgan fingerprint density at radius 2 is 2.00 bits per heavy atom. The Kier molecular flexibility index (Phi) is 3.44. The predicted molar refractivity (Wildman–Crippen MR) is 71.0 cm³/mol. The molecule has 1 aliphatic rings. The number of amides is 1. The quantitative estimate of drug-likeness (QED) is 0.890. The van der Waals surface area contributed by atoms with Gasteiger partial charge < -0.3 is 10.0 Å². The van der Waals surface area contributed by atoms with Gasteiger partial charge in [0.25, 0.3) is 0 Å². The third-order valence-corrected chi connectivity index (χ3v) is 3.95. The van der Waals surface area contributed by atoms with Gasteiger partial charge in [-0.05, 0) is 12.0 Å². The summed E-state index contributed by atoms with van der Waals surface area (Å²) in [6, 6.07) is 9.57. The molecule has 1 aromatic rings. The van der Waals surface area contributed by atoms with Gasteiger partial charge in [-0.15, -0.1) is 0 Å². The number of β-amino-alcohol motifs (C(OH)–C–C–N with tert-alkyl or cyclic N) is 1. The van der Waals surface area contributed by atoms with Crippen LogP contribution in [0.1, 0.15) is 38.8 Å². The highest BCUT2D eigenvalue weighted by molar-refractivity contribution is 5.83. The van der Waals surface area contributed by atoms with E-state index >= 15 is 0 Å². The zero-order valence-electron chi connectivity index (χ0n) is 11.3. The van der Waals surface area contributed by atoms with Crippen LogP contribution in [0.3, 0.4) is 0 Å². The fourth-order valence-electron chi connectivity index (χ4n) is 2.29. The average Bonchev–Trinajstić information content (AvgIpc) is 2.36. The lowest BCUT2D eigenvalue weighted by Crippen LogP contribution is -2.59. The Morgan fingerprint density at radius 1 is 1.39 bits per heavy atom. The first kappa shape index (κ1) is 13.1. The molecule has 1 amide bonds. The lowest BCUT2D eigenvalue weighted by molar-refractivity contribution is -0.161. The molecule has 98 valence electrons. The van der Waals surface area contributed by atoms with Crippen LogP contribution >= 0.6 is 0 Å². The first-order valence-corrected chi connectivity index (χ1v) is 6.51. The van der Waals surface area contributed by atoms with Crippen LogP contribution < -0.4 is 0 Å². The van der Waals surface area contributed by atoms with Crippen molar-refractivity contribution in [1.29, 1.82) is 0 Å². The monoisotopic (exact) mass is 247 g/mol. The molecule has 1 fully saturated rings. The summed E-state index contributed by atoms with van der Waals surface area (Å²) in [4.78, 5) is 14.2. The second kappa shape index (κ2) is 4.73. The Morgan fingerprint density at radius 3 is 2.50 bits per heavy atom. The Hall–Kier alpha value is -1.35. The molecule has 0 radical (unpaired) electrons. The lowest BCUT2D eigenvalue weighted by Gasteiger charge is -2.48. The molecule has 0 spiro atoms. The van der Waals surface area contributed by atoms with Crippen molar-refractivity contribution in [3.05, 3.63) is 35.9 Å². The predicted octanol–water partition coefficient (Wildman–Crippen LogP) is 2.37. The van der Waals surface area contributed by atoms with Gasteiger partial charge in [-0.1, -0.05) is 51.1 Å². The maximum atomic E-state index is 12.4. The summed E-state index contributed by atoms with van der Waals surface area (Å²) < 4.78 is 0. The molecule has 0 bridgehead atoms. The molecule has 1 saturated heterocycles. The molecule has 1 aliphatic heterocycles. The summed E-state index contributed by atoms with van der Waals surface area (Å²) in [6.07, 6.45) is 0.365. The zero-order valence-corrected chi connectivity index (χ0v) is 11.3. The number of aliphatic hydroxyl groups excluding tert-OH is 1. The van der Waals surface area contributed by atoms with E-state index in [-0.39, 0.29) is 17.4 Å². The molecule has 3 heteroatoms. The molecule has 1 N–H and O–H groups in total. The van der Waals surface area contributed by atoms with Gasteiger partial charge in [-0.25, -0.2) is 0 Å². The normalized spacial score (nSPS) is 23.7. The Balaban J connectivity index is 2.19. The van der Waals surface area contributed by atoms with Crippen LogP contribution in [0.2, 0.25) is 0 Å². The minimum absolute atomic E-state index is 0.129. The van der Waals surface area contributed by atoms with Crippen molar-refractivity contribution in [3.63, 3.8) is 0 Å². The first-order chi connectivity index (χ1) is 8.47. The van der Waals surface area contributed by atoms with Crippen molar-refractivity contribution in [2.45, 2.75) is 39.3 Å². The molecule has 1 aromatic carbocycles. The van der Waals surface area contributed by atoms with Crippen molar-refractivity contribution >= 4 is 5.91 Å². The summed E-state index contributed by atoms with van der Waals surface area (Å²) in [5.74, 6) is 0.129. The van der Waals surface area contributed by atoms with E-state index < -0.39 is 6.10 Å². The van der Waals surface area contributed by atoms with Crippen molar-refractivity contribution in [1.82, 2.24) is 4.90 Å². The van der Waals surface area contributed by atoms with Crippen LogP contribution in [-0.4, -0.2) is 28.6 Å². The smallest absolute Gasteiger partial charge is 0.228 e. The Bertz CT molecular complexity index is 427. The number of nitrogens with zero attached hydrogens (tertiary/aromatic N) is 1. The number of rotatable bonds is 3. The standard InChI is InChI=1S/C15H21NO2/c1-4-15(2,3)14(18)16-10-12(17)13(16)11-8-6-5-7-9-11/h5-9,12-13,17H,4,10H2,1-3H3/t12-,13-/m1/s1. The summed E-state index contributed by atoms with van der Waals surface area (Å²) in [7, 11) is 0. The number of aliphatic hydroxyl groups is 1. The highest BCUT2D eigenvalue weighted by Crippen LogP contribution is 2.37. The van der Waals surface area contributed by atoms with E-state index in [4.69, 9.17) is 0 Å². The molecule has 1 heterocycles. The molecule has 18 heavy (non-hydrogen) atoms. The molecule has 0 aromatic heterocycles. The Labute approximate surface area is 108 Å². The van der Waals surface area contributed by atoms with E-state index in [9.17, 15) is 9.90 Å². The number of hydrogen-bond donors (Lipinski definition) is 1. The van der Waals surface area contributed by atoms with Crippen LogP contribution in [0.15, 0.2) is 30.3 Å². The van der Waals surface area contributed by atoms with Crippen LogP contribution in [0.5, 0.6) is 0 Å². The number of benzene rings is 1. The minimum atomic E-state index is -0.441. The lowest BCUT2D eigenvalue weighted by atomic mass is 9.83. The van der Waals surface area contributed by atoms with Gasteiger partial charge >= 0.3 is 0 Å². The summed E-state index contributed by atoms with van der Waals surface area (Å²) >= 11 is 0. The fourth-order valence-corrected chi connectivity index (χ4v) is 2.29. The van der Waals surface area contributed by atoms with Crippen molar-refractivity contribution < 1.29 is 9.90 Å². The topological polar surface area (TPSA) is 40.5 Å². The van der Waals surface area contributed by atoms with Crippen LogP contribution in [0, 0.1) is 5.41 Å². The van der Waals surface area contributed by atoms with Gasteiger partial charge in [0.2, 0.25) is 5.91 Å². The van der Waals surface area contributed by atoms with E-state index in [0.29, 0.717) is 6.54 Å². The minimum Gasteiger partial charge on any atom is -0.389 e. The van der Waals surface area contributed by atoms with E-state index in [1.165, 1.54) is 0 Å². The van der Waals surface area contributed by atoms with Gasteiger partial charge in [-0.3, -0.25) is 4.79 Å². The van der Waals surface area contributed by atoms with Crippen LogP contribution in [0.4, 0.5) is 0 Å². The van der Waals surface area contributed by atoms with E-state index in [1.54, 1.807) is 4.90 Å². The van der Waals surface area contributed by atoms with Crippen molar-refractivity contribution in [2.24, 2.45) is 5.41 Å². The first-order valence-electron chi connectivity index (χ1n) is 6.51. The van der Waals surface area contributed by atoms with Gasteiger partial charge in [0.15, 0.2) is 0 Å². The molecule has 0 saturated carbocycles. The van der Waals surface area contributed by atoms with E-state index in [0.717, 1.165) is 12.0 Å². The second-order valence-electron chi connectivity index (χ2n) is 5.62. The maximum absolute atomic E-state index is 12.4. The van der Waals surface area contributed by atoms with Crippen molar-refractivity contribution in [3.8, 4) is 0 Å². The van der Waals surface area contributed by atoms with Crippen molar-refractivity contribution in [2.75, 3.05) is 6.54 Å². The number of carbonyl (C=O) groups excluding carboxylic acids is 1. The summed E-state index contributed by atoms with van der Waals surface area (Å²) in [5.41, 5.74) is 0.657. The van der Waals surface area contributed by atoms with Crippen LogP contribution in [0.25, 0.3) is 0 Å². The number of carbonyl (C=O) groups is 1. The van der Waals surface area contributed by atoms with Gasteiger partial charge in [0, 0.05) is 12.0 Å². The molecule has 0 aliphatic carbocycles. The molecule has 2 rings (SSSR count). The van der Waals surface area contributed by atoms with Gasteiger partial charge in [-0.2, -0.15) is 0 Å². The fraction of sp³-hybridized carbons (Fsp3) is 0.533. The largest absolute Gasteiger partial charge is 0.389 e. The second-order valence-corrected chi connectivity index (χ2v) is 5.62. The third-order valence-electron chi connectivity index (χ3n) is 3.95. The highest BCUT2D eigenvalue weighted by Gasteiger charge is 2.45. The summed E-state index contributed by atoms with van der Waals surface area (Å²) in [5, 5.41) is 9.92. The zero-order chi connectivity index (χ0) is 13.3. The van der Waals surface area contributed by atoms with E-state index in [1.807, 2.05) is 51.1 Å². The number of likely N-dealkylation sites (tertiary alicyclic amines) is 1.